The van der Waals surface area contributed by atoms with Gasteiger partial charge in [-0.3, -0.25) is 19.7 Å². The molecule has 162 valence electrons. The van der Waals surface area contributed by atoms with Crippen molar-refractivity contribution in [2.45, 2.75) is 25.4 Å². The number of aromatic nitrogens is 2. The maximum Gasteiger partial charge on any atom is 0.255 e. The summed E-state index contributed by atoms with van der Waals surface area (Å²) < 4.78 is 15.7. The summed E-state index contributed by atoms with van der Waals surface area (Å²) in [6.07, 6.45) is 2.36. The van der Waals surface area contributed by atoms with Crippen molar-refractivity contribution in [1.82, 2.24) is 19.8 Å². The van der Waals surface area contributed by atoms with E-state index in [0.717, 1.165) is 11.1 Å². The second-order valence-corrected chi connectivity index (χ2v) is 8.37. The first kappa shape index (κ1) is 20.4. The summed E-state index contributed by atoms with van der Waals surface area (Å²) in [5.74, 6) is -0.911. The van der Waals surface area contributed by atoms with Crippen molar-refractivity contribution in [2.24, 2.45) is 7.05 Å². The Kier molecular flexibility index (Phi) is 4.82. The van der Waals surface area contributed by atoms with Gasteiger partial charge < -0.3 is 9.47 Å². The van der Waals surface area contributed by atoms with Crippen molar-refractivity contribution in [3.05, 3.63) is 64.6 Å². The number of carbonyl (C=O) groups excluding carboxylic acids is 3. The number of amides is 3. The summed E-state index contributed by atoms with van der Waals surface area (Å²) in [7, 11) is 1.82. The smallest absolute Gasteiger partial charge is 0.255 e. The van der Waals surface area contributed by atoms with E-state index >= 15 is 0 Å². The molecule has 3 aromatic rings. The van der Waals surface area contributed by atoms with Crippen molar-refractivity contribution in [3.63, 3.8) is 0 Å². The average molecular weight is 453 g/mol. The molecule has 1 atom stereocenters. The van der Waals surface area contributed by atoms with Crippen LogP contribution in [0.15, 0.2) is 42.6 Å². The first-order chi connectivity index (χ1) is 15.3. The van der Waals surface area contributed by atoms with E-state index in [-0.39, 0.29) is 29.8 Å². The number of halogens is 2. The molecule has 1 unspecified atom stereocenters. The lowest BCUT2D eigenvalue weighted by atomic mass is 10.0. The van der Waals surface area contributed by atoms with Gasteiger partial charge in [0.05, 0.1) is 10.7 Å². The number of hydrogen-bond acceptors (Lipinski definition) is 4. The van der Waals surface area contributed by atoms with Crippen LogP contribution in [0.5, 0.6) is 0 Å². The summed E-state index contributed by atoms with van der Waals surface area (Å²) in [4.78, 5) is 42.7. The van der Waals surface area contributed by atoms with Crippen LogP contribution >= 0.6 is 11.6 Å². The molecule has 0 spiro atoms. The number of nitrogens with one attached hydrogen (secondary N) is 1. The summed E-state index contributed by atoms with van der Waals surface area (Å²) in [5, 5.41) is 2.35. The monoisotopic (exact) mass is 452 g/mol. The second kappa shape index (κ2) is 7.56. The molecule has 9 heteroatoms. The zero-order chi connectivity index (χ0) is 22.6. The molecule has 2 aliphatic rings. The molecule has 3 heterocycles. The number of aryl methyl sites for hydroxylation is 1. The third-order valence-corrected chi connectivity index (χ3v) is 6.18. The maximum atomic E-state index is 13.9. The predicted molar refractivity (Wildman–Crippen MR) is 115 cm³/mol. The normalized spacial score (nSPS) is 18.2. The Morgan fingerprint density at radius 1 is 1.12 bits per heavy atom. The fraction of sp³-hybridized carbons (Fsp3) is 0.217. The fourth-order valence-electron chi connectivity index (χ4n) is 4.24. The highest BCUT2D eigenvalue weighted by Gasteiger charge is 2.39. The number of hydrogen-bond donors (Lipinski definition) is 1. The van der Waals surface area contributed by atoms with Crippen molar-refractivity contribution >= 4 is 29.3 Å². The summed E-state index contributed by atoms with van der Waals surface area (Å²) in [5.41, 5.74) is 3.41. The van der Waals surface area contributed by atoms with E-state index in [1.165, 1.54) is 17.0 Å². The van der Waals surface area contributed by atoms with E-state index in [1.54, 1.807) is 22.8 Å². The Bertz CT molecular complexity index is 1300. The molecule has 2 aliphatic heterocycles. The highest BCUT2D eigenvalue weighted by molar-refractivity contribution is 6.30. The van der Waals surface area contributed by atoms with Gasteiger partial charge in [-0.2, -0.15) is 0 Å². The number of carbonyl (C=O) groups is 3. The van der Waals surface area contributed by atoms with Crippen LogP contribution in [0.2, 0.25) is 5.02 Å². The van der Waals surface area contributed by atoms with Gasteiger partial charge in [0, 0.05) is 42.9 Å². The molecule has 1 saturated heterocycles. The lowest BCUT2D eigenvalue weighted by Crippen LogP contribution is -2.52. The molecule has 1 N–H and O–H groups in total. The van der Waals surface area contributed by atoms with Crippen LogP contribution in [0.3, 0.4) is 0 Å². The van der Waals surface area contributed by atoms with Gasteiger partial charge in [0.2, 0.25) is 11.8 Å². The molecule has 3 amide bonds. The Balaban J connectivity index is 1.44. The van der Waals surface area contributed by atoms with Gasteiger partial charge in [-0.1, -0.05) is 17.7 Å². The van der Waals surface area contributed by atoms with Crippen LogP contribution in [0, 0.1) is 5.82 Å². The van der Waals surface area contributed by atoms with Gasteiger partial charge in [-0.25, -0.2) is 9.37 Å². The number of nitrogens with zero attached hydrogens (tertiary/aromatic N) is 3. The second-order valence-electron chi connectivity index (χ2n) is 7.96. The summed E-state index contributed by atoms with van der Waals surface area (Å²) >= 11 is 5.78. The van der Waals surface area contributed by atoms with Gasteiger partial charge in [0.25, 0.3) is 5.91 Å². The minimum atomic E-state index is -0.655. The predicted octanol–water partition coefficient (Wildman–Crippen LogP) is 3.31. The van der Waals surface area contributed by atoms with Crippen molar-refractivity contribution in [1.29, 1.82) is 0 Å². The number of piperidine rings is 1. The number of imide groups is 1. The third-order valence-electron chi connectivity index (χ3n) is 5.87. The Labute approximate surface area is 187 Å². The molecule has 7 nitrogen and oxygen atoms in total. The van der Waals surface area contributed by atoms with Crippen molar-refractivity contribution < 1.29 is 18.8 Å². The summed E-state index contributed by atoms with van der Waals surface area (Å²) in [6, 6.07) is 9.30. The van der Waals surface area contributed by atoms with E-state index in [1.807, 2.05) is 19.3 Å². The van der Waals surface area contributed by atoms with Gasteiger partial charge in [0.15, 0.2) is 0 Å². The first-order valence-electron chi connectivity index (χ1n) is 10.1. The number of imidazole rings is 1. The van der Waals surface area contributed by atoms with Crippen LogP contribution in [-0.2, 0) is 23.2 Å². The van der Waals surface area contributed by atoms with E-state index in [0.29, 0.717) is 29.1 Å². The third kappa shape index (κ3) is 3.36. The quantitative estimate of drug-likeness (QED) is 0.618. The number of benzene rings is 2. The van der Waals surface area contributed by atoms with Crippen molar-refractivity contribution in [2.75, 3.05) is 0 Å². The number of fused-ring (bicyclic) bond motifs is 1. The molecule has 1 aromatic heterocycles. The average Bonchev–Trinajstić information content (AvgIpc) is 3.30. The molecular weight excluding hydrogens is 435 g/mol. The van der Waals surface area contributed by atoms with Gasteiger partial charge in [0.1, 0.15) is 17.7 Å². The van der Waals surface area contributed by atoms with Crippen molar-refractivity contribution in [3.8, 4) is 22.6 Å². The first-order valence-corrected chi connectivity index (χ1v) is 10.5. The minimum absolute atomic E-state index is 0.0482. The van der Waals surface area contributed by atoms with Crippen LogP contribution < -0.4 is 5.32 Å². The van der Waals surface area contributed by atoms with Crippen LogP contribution in [0.4, 0.5) is 4.39 Å². The van der Waals surface area contributed by atoms with Crippen LogP contribution in [-0.4, -0.2) is 38.2 Å². The Morgan fingerprint density at radius 2 is 1.91 bits per heavy atom. The van der Waals surface area contributed by atoms with Gasteiger partial charge in [-0.05, 0) is 42.3 Å². The minimum Gasteiger partial charge on any atom is -0.333 e. The highest BCUT2D eigenvalue weighted by Crippen LogP contribution is 2.32. The topological polar surface area (TPSA) is 84.3 Å². The summed E-state index contributed by atoms with van der Waals surface area (Å²) in [6.45, 7) is 0.288. The van der Waals surface area contributed by atoms with Gasteiger partial charge >= 0.3 is 0 Å². The van der Waals surface area contributed by atoms with Gasteiger partial charge in [-0.15, -0.1) is 0 Å². The molecule has 5 rings (SSSR count). The fourth-order valence-corrected chi connectivity index (χ4v) is 4.36. The Morgan fingerprint density at radius 3 is 2.66 bits per heavy atom. The molecule has 32 heavy (non-hydrogen) atoms. The molecule has 2 aromatic carbocycles. The van der Waals surface area contributed by atoms with E-state index in [4.69, 9.17) is 11.6 Å². The SMILES string of the molecule is Cn1cc(-c2ccc3c(c2)CN(C2CCC(=O)NC2=O)C3=O)nc1-c1ccc(Cl)c(F)c1. The molecular formula is C23H18ClFN4O3. The van der Waals surface area contributed by atoms with Crippen LogP contribution in [0.1, 0.15) is 28.8 Å². The van der Waals surface area contributed by atoms with E-state index in [9.17, 15) is 18.8 Å². The molecule has 0 bridgehead atoms. The highest BCUT2D eigenvalue weighted by atomic mass is 35.5. The molecule has 0 radical (unpaired) electrons. The standard InChI is InChI=1S/C23H18ClFN4O3/c1-28-11-18(26-21(28)13-3-5-16(24)17(25)9-13)12-2-4-15-14(8-12)10-29(23(15)32)19-6-7-20(30)27-22(19)31/h2-5,8-9,11,19H,6-7,10H2,1H3,(H,27,30,31). The lowest BCUT2D eigenvalue weighted by Gasteiger charge is -2.29. The zero-order valence-electron chi connectivity index (χ0n) is 17.1. The van der Waals surface area contributed by atoms with Crippen LogP contribution in [0.25, 0.3) is 22.6 Å². The number of rotatable bonds is 3. The van der Waals surface area contributed by atoms with E-state index < -0.39 is 17.8 Å². The molecule has 0 saturated carbocycles. The molecule has 1 fully saturated rings. The Hall–Kier alpha value is -3.52. The maximum absolute atomic E-state index is 13.9. The largest absolute Gasteiger partial charge is 0.333 e. The molecule has 0 aliphatic carbocycles. The lowest BCUT2D eigenvalue weighted by molar-refractivity contribution is -0.136. The van der Waals surface area contributed by atoms with E-state index in [2.05, 4.69) is 10.3 Å². The zero-order valence-corrected chi connectivity index (χ0v) is 17.8.